The molecule has 5 rings (SSSR count). The molecule has 242 valence electrons. The number of halogens is 3. The molecule has 0 spiro atoms. The zero-order valence-electron chi connectivity index (χ0n) is 27.5. The Bertz CT molecular complexity index is 1800. The second kappa shape index (κ2) is 14.9. The van der Waals surface area contributed by atoms with Crippen molar-refractivity contribution >= 4 is 10.1 Å². The summed E-state index contributed by atoms with van der Waals surface area (Å²) in [7, 11) is -6.09. The van der Waals surface area contributed by atoms with E-state index < -0.39 is 15.6 Å². The summed E-state index contributed by atoms with van der Waals surface area (Å²) in [5.41, 5.74) is 11.3. The number of alkyl halides is 3. The van der Waals surface area contributed by atoms with E-state index in [-0.39, 0.29) is 0 Å². The zero-order valence-corrected chi connectivity index (χ0v) is 28.3. The van der Waals surface area contributed by atoms with Crippen LogP contribution in [0, 0.1) is 55.4 Å². The van der Waals surface area contributed by atoms with E-state index in [0.29, 0.717) is 0 Å². The smallest absolute Gasteiger partial charge is 0.485 e. The summed E-state index contributed by atoms with van der Waals surface area (Å²) >= 11 is 0. The van der Waals surface area contributed by atoms with Gasteiger partial charge in [-0.15, -0.1) is 0 Å². The molecule has 0 N–H and O–H groups in total. The van der Waals surface area contributed by atoms with Crippen molar-refractivity contribution in [3.05, 3.63) is 142 Å². The topological polar surface area (TPSA) is 61.1 Å². The molecule has 0 aliphatic heterocycles. The molecule has 0 aliphatic rings. The second-order valence-corrected chi connectivity index (χ2v) is 12.9. The lowest BCUT2D eigenvalue weighted by molar-refractivity contribution is -0.595. The molecular weight excluding hydrogens is 607 g/mol. The van der Waals surface area contributed by atoms with E-state index in [1.54, 1.807) is 0 Å². The van der Waals surface area contributed by atoms with Gasteiger partial charge in [0.1, 0.15) is 0 Å². The molecule has 0 unspecified atom stereocenters. The molecule has 0 saturated carbocycles. The molecule has 0 aliphatic carbocycles. The molecule has 0 radical (unpaired) electrons. The van der Waals surface area contributed by atoms with Gasteiger partial charge in [0.05, 0.1) is 0 Å². The van der Waals surface area contributed by atoms with Gasteiger partial charge in [0.25, 0.3) is 0 Å². The van der Waals surface area contributed by atoms with E-state index in [9.17, 15) is 13.2 Å². The number of aryl methyl sites for hydroxylation is 8. The predicted octanol–water partition coefficient (Wildman–Crippen LogP) is 9.50. The highest BCUT2D eigenvalue weighted by Crippen LogP contribution is 2.33. The Balaban J connectivity index is 0.000000316. The van der Waals surface area contributed by atoms with Crippen LogP contribution in [0.5, 0.6) is 0 Å². The minimum absolute atomic E-state index is 1.26. The maximum Gasteiger partial charge on any atom is 0.485 e. The maximum atomic E-state index is 10.7. The standard InChI is InChI=1S/C30H32N.C7H8.CHF3O3S/c1-19-14-24(6)30(25(7)15-19)31-17-26(28-20(2)10-8-11-21(28)3)16-27(18-31)29-22(4)12-9-13-23(29)5;1-7-5-3-2-4-6-7;2-1(3,4)8(5,6)7/h8-18H,1-7H3;2-6H,1H3;(H,5,6,7)/q+1;;/p-1. The summed E-state index contributed by atoms with van der Waals surface area (Å²) in [4.78, 5) is 0. The van der Waals surface area contributed by atoms with E-state index in [2.05, 4.69) is 139 Å². The van der Waals surface area contributed by atoms with Crippen LogP contribution in [0.15, 0.2) is 97.3 Å². The third-order valence-corrected chi connectivity index (χ3v) is 8.09. The first kappa shape index (κ1) is 36.2. The molecule has 0 amide bonds. The fourth-order valence-corrected chi connectivity index (χ4v) is 5.64. The quantitative estimate of drug-likeness (QED) is 0.111. The lowest BCUT2D eigenvalue weighted by atomic mass is 9.92. The van der Waals surface area contributed by atoms with Crippen LogP contribution >= 0.6 is 0 Å². The SMILES string of the molecule is Cc1cc(C)c(-[n+]2cc(-c3c(C)cccc3C)cc(-c3c(C)cccc3C)c2)c(C)c1.Cc1ccccc1.O=S(=O)([O-])C(F)(F)F. The highest BCUT2D eigenvalue weighted by atomic mass is 32.2. The number of benzene rings is 4. The summed E-state index contributed by atoms with van der Waals surface area (Å²) in [6, 6.07) is 30.3. The molecule has 4 aromatic carbocycles. The fourth-order valence-electron chi connectivity index (χ4n) is 5.64. The van der Waals surface area contributed by atoms with Crippen LogP contribution in [0.1, 0.15) is 44.5 Å². The predicted molar refractivity (Wildman–Crippen MR) is 179 cm³/mol. The second-order valence-electron chi connectivity index (χ2n) is 11.6. The summed E-state index contributed by atoms with van der Waals surface area (Å²) in [6.07, 6.45) is 4.61. The van der Waals surface area contributed by atoms with E-state index in [0.717, 1.165) is 0 Å². The van der Waals surface area contributed by atoms with Gasteiger partial charge in [-0.25, -0.2) is 8.42 Å². The Morgan fingerprint density at radius 2 is 0.913 bits per heavy atom. The molecule has 0 atom stereocenters. The van der Waals surface area contributed by atoms with Gasteiger partial charge < -0.3 is 4.55 Å². The molecular formula is C38H40F3NO3S. The highest BCUT2D eigenvalue weighted by molar-refractivity contribution is 7.86. The van der Waals surface area contributed by atoms with Crippen LogP contribution in [0.4, 0.5) is 13.2 Å². The first-order chi connectivity index (χ1) is 21.4. The van der Waals surface area contributed by atoms with E-state index >= 15 is 0 Å². The third kappa shape index (κ3) is 9.14. The van der Waals surface area contributed by atoms with Crippen molar-refractivity contribution in [2.45, 2.75) is 60.9 Å². The number of rotatable bonds is 3. The first-order valence-corrected chi connectivity index (χ1v) is 16.1. The van der Waals surface area contributed by atoms with Crippen molar-refractivity contribution in [1.82, 2.24) is 0 Å². The molecule has 1 heterocycles. The average molecular weight is 648 g/mol. The third-order valence-electron chi connectivity index (χ3n) is 7.52. The van der Waals surface area contributed by atoms with Crippen LogP contribution in [0.3, 0.4) is 0 Å². The van der Waals surface area contributed by atoms with Gasteiger partial charge >= 0.3 is 5.51 Å². The summed E-state index contributed by atoms with van der Waals surface area (Å²) in [6.45, 7) is 17.5. The van der Waals surface area contributed by atoms with Crippen LogP contribution in [0.2, 0.25) is 0 Å². The van der Waals surface area contributed by atoms with E-state index in [4.69, 9.17) is 13.0 Å². The zero-order chi connectivity index (χ0) is 34.4. The van der Waals surface area contributed by atoms with Gasteiger partial charge in [-0.1, -0.05) is 77.9 Å². The molecule has 46 heavy (non-hydrogen) atoms. The van der Waals surface area contributed by atoms with Crippen LogP contribution in [0.25, 0.3) is 27.9 Å². The number of hydrogen-bond acceptors (Lipinski definition) is 3. The Morgan fingerprint density at radius 1 is 0.543 bits per heavy atom. The molecule has 4 nitrogen and oxygen atoms in total. The molecule has 0 saturated heterocycles. The van der Waals surface area contributed by atoms with Crippen molar-refractivity contribution < 1.29 is 30.7 Å². The highest BCUT2D eigenvalue weighted by Gasteiger charge is 2.37. The van der Waals surface area contributed by atoms with Gasteiger partial charge in [-0.05, 0) is 107 Å². The molecule has 5 aromatic rings. The number of nitrogens with zero attached hydrogens (tertiary/aromatic N) is 1. The molecule has 1 aromatic heterocycles. The fraction of sp³-hybridized carbons (Fsp3) is 0.237. The van der Waals surface area contributed by atoms with Gasteiger partial charge in [0, 0.05) is 22.3 Å². The van der Waals surface area contributed by atoms with Crippen molar-refractivity contribution in [2.24, 2.45) is 0 Å². The maximum absolute atomic E-state index is 10.7. The van der Waals surface area contributed by atoms with Crippen LogP contribution in [-0.4, -0.2) is 18.5 Å². The number of hydrogen-bond donors (Lipinski definition) is 0. The lowest BCUT2D eigenvalue weighted by Crippen LogP contribution is -2.32. The summed E-state index contributed by atoms with van der Waals surface area (Å²) < 4.78 is 61.2. The minimum Gasteiger partial charge on any atom is -0.741 e. The van der Waals surface area contributed by atoms with Gasteiger partial charge in [0.15, 0.2) is 22.5 Å². The van der Waals surface area contributed by atoms with Crippen LogP contribution < -0.4 is 4.57 Å². The molecule has 0 fully saturated rings. The van der Waals surface area contributed by atoms with Crippen molar-refractivity contribution in [2.75, 3.05) is 0 Å². The summed E-state index contributed by atoms with van der Waals surface area (Å²) in [5, 5.41) is 0. The normalized spacial score (nSPS) is 11.2. The number of pyridine rings is 1. The van der Waals surface area contributed by atoms with E-state index in [1.807, 2.05) is 18.2 Å². The number of aromatic nitrogens is 1. The minimum atomic E-state index is -6.09. The van der Waals surface area contributed by atoms with Crippen molar-refractivity contribution in [1.29, 1.82) is 0 Å². The van der Waals surface area contributed by atoms with Gasteiger partial charge in [0.2, 0.25) is 5.69 Å². The van der Waals surface area contributed by atoms with E-state index in [1.165, 1.54) is 72.4 Å². The van der Waals surface area contributed by atoms with Crippen molar-refractivity contribution in [3.8, 4) is 27.9 Å². The van der Waals surface area contributed by atoms with Gasteiger partial charge in [-0.3, -0.25) is 0 Å². The molecule has 8 heteroatoms. The Hall–Kier alpha value is -4.27. The summed E-state index contributed by atoms with van der Waals surface area (Å²) in [5.74, 6) is 0. The van der Waals surface area contributed by atoms with Gasteiger partial charge in [-0.2, -0.15) is 17.7 Å². The monoisotopic (exact) mass is 647 g/mol. The van der Waals surface area contributed by atoms with Crippen molar-refractivity contribution in [3.63, 3.8) is 0 Å². The first-order valence-electron chi connectivity index (χ1n) is 14.7. The Morgan fingerprint density at radius 3 is 1.22 bits per heavy atom. The largest absolute Gasteiger partial charge is 0.741 e. The lowest BCUT2D eigenvalue weighted by Gasteiger charge is -2.15. The molecule has 0 bridgehead atoms. The van der Waals surface area contributed by atoms with Crippen LogP contribution in [-0.2, 0) is 10.1 Å². The average Bonchev–Trinajstić information content (AvgIpc) is 2.92. The Labute approximate surface area is 271 Å². The Kier molecular flexibility index (Phi) is 11.7.